The van der Waals surface area contributed by atoms with Crippen LogP contribution in [-0.2, 0) is 6.18 Å². The van der Waals surface area contributed by atoms with Gasteiger partial charge < -0.3 is 5.84 Å². The van der Waals surface area contributed by atoms with Gasteiger partial charge in [-0.05, 0) is 48.2 Å². The van der Waals surface area contributed by atoms with Crippen molar-refractivity contribution >= 4 is 29.1 Å². The maximum absolute atomic E-state index is 12.8. The summed E-state index contributed by atoms with van der Waals surface area (Å²) >= 11 is 6.56. The van der Waals surface area contributed by atoms with Crippen molar-refractivity contribution in [3.63, 3.8) is 0 Å². The Balaban J connectivity index is 1.96. The van der Waals surface area contributed by atoms with Crippen LogP contribution in [0.3, 0.4) is 0 Å². The van der Waals surface area contributed by atoms with Gasteiger partial charge >= 0.3 is 6.18 Å². The summed E-state index contributed by atoms with van der Waals surface area (Å²) in [7, 11) is 0. The molecule has 3 rings (SSSR count). The highest BCUT2D eigenvalue weighted by molar-refractivity contribution is 7.99. The molecular formula is C15H9ClF3N5O2S. The van der Waals surface area contributed by atoms with Gasteiger partial charge in [-0.1, -0.05) is 11.6 Å². The number of nitrogens with zero attached hydrogens (tertiary/aromatic N) is 4. The second kappa shape index (κ2) is 7.08. The van der Waals surface area contributed by atoms with E-state index in [2.05, 4.69) is 10.2 Å². The maximum Gasteiger partial charge on any atom is 0.416 e. The van der Waals surface area contributed by atoms with Gasteiger partial charge in [-0.3, -0.25) is 10.1 Å². The Morgan fingerprint density at radius 1 is 1.15 bits per heavy atom. The van der Waals surface area contributed by atoms with E-state index in [0.29, 0.717) is 16.7 Å². The first-order valence-corrected chi connectivity index (χ1v) is 8.36. The van der Waals surface area contributed by atoms with Crippen molar-refractivity contribution in [3.8, 4) is 11.4 Å². The predicted octanol–water partition coefficient (Wildman–Crippen LogP) is 4.39. The molecule has 12 heteroatoms. The Bertz CT molecular complexity index is 1010. The topological polar surface area (TPSA) is 99.9 Å². The van der Waals surface area contributed by atoms with E-state index in [1.54, 1.807) is 24.3 Å². The molecule has 2 aromatic carbocycles. The first kappa shape index (κ1) is 19.0. The van der Waals surface area contributed by atoms with E-state index in [9.17, 15) is 23.3 Å². The summed E-state index contributed by atoms with van der Waals surface area (Å²) < 4.78 is 39.5. The average Bonchev–Trinajstić information content (AvgIpc) is 2.95. The number of nitrogens with two attached hydrogens (primary N) is 1. The summed E-state index contributed by atoms with van der Waals surface area (Å²) in [6.45, 7) is 0. The highest BCUT2D eigenvalue weighted by atomic mass is 35.5. The van der Waals surface area contributed by atoms with E-state index in [4.69, 9.17) is 17.4 Å². The Morgan fingerprint density at radius 3 is 2.41 bits per heavy atom. The maximum atomic E-state index is 12.8. The van der Waals surface area contributed by atoms with Gasteiger partial charge in [0.05, 0.1) is 15.4 Å². The molecule has 0 spiro atoms. The lowest BCUT2D eigenvalue weighted by Crippen LogP contribution is -2.11. The Morgan fingerprint density at radius 2 is 1.81 bits per heavy atom. The van der Waals surface area contributed by atoms with Gasteiger partial charge in [0.15, 0.2) is 5.82 Å². The fraction of sp³-hybridized carbons (Fsp3) is 0.0667. The van der Waals surface area contributed by atoms with Crippen LogP contribution in [0.4, 0.5) is 18.9 Å². The molecule has 1 heterocycles. The summed E-state index contributed by atoms with van der Waals surface area (Å²) in [4.78, 5) is 10.2. The molecule has 0 aliphatic rings. The largest absolute Gasteiger partial charge is 0.416 e. The number of nitro groups is 1. The number of aromatic nitrogens is 3. The van der Waals surface area contributed by atoms with Crippen molar-refractivity contribution in [2.45, 2.75) is 16.2 Å². The standard InChI is InChI=1S/C15H9ClF3N5O2S/c16-10-4-1-8(2-5-10)13-21-22-14(23(13)20)27-12-6-3-9(15(17,18)19)7-11(12)24(25)26/h1-7H,20H2. The van der Waals surface area contributed by atoms with Crippen LogP contribution in [0.5, 0.6) is 0 Å². The van der Waals surface area contributed by atoms with Crippen molar-refractivity contribution in [1.29, 1.82) is 0 Å². The van der Waals surface area contributed by atoms with Crippen LogP contribution in [0.25, 0.3) is 11.4 Å². The Hall–Kier alpha value is -2.79. The Labute approximate surface area is 159 Å². The Kier molecular flexibility index (Phi) is 4.98. The summed E-state index contributed by atoms with van der Waals surface area (Å²) in [5.74, 6) is 6.20. The van der Waals surface area contributed by atoms with E-state index < -0.39 is 22.4 Å². The highest BCUT2D eigenvalue weighted by Gasteiger charge is 2.33. The van der Waals surface area contributed by atoms with E-state index in [0.717, 1.165) is 28.6 Å². The molecule has 0 unspecified atom stereocenters. The molecule has 0 amide bonds. The summed E-state index contributed by atoms with van der Waals surface area (Å²) in [5, 5.41) is 19.5. The van der Waals surface area contributed by atoms with E-state index in [-0.39, 0.29) is 15.9 Å². The lowest BCUT2D eigenvalue weighted by Gasteiger charge is -2.08. The van der Waals surface area contributed by atoms with Crippen LogP contribution in [0.15, 0.2) is 52.5 Å². The molecule has 0 atom stereocenters. The first-order chi connectivity index (χ1) is 12.7. The van der Waals surface area contributed by atoms with Crippen LogP contribution >= 0.6 is 23.4 Å². The van der Waals surface area contributed by atoms with Crippen LogP contribution < -0.4 is 5.84 Å². The average molecular weight is 416 g/mol. The number of hydrogen-bond donors (Lipinski definition) is 1. The second-order valence-electron chi connectivity index (χ2n) is 5.22. The zero-order valence-corrected chi connectivity index (χ0v) is 14.7. The zero-order chi connectivity index (χ0) is 19.8. The third-order valence-electron chi connectivity index (χ3n) is 3.45. The fourth-order valence-electron chi connectivity index (χ4n) is 2.16. The first-order valence-electron chi connectivity index (χ1n) is 7.16. The van der Waals surface area contributed by atoms with Crippen LogP contribution in [-0.4, -0.2) is 19.8 Å². The summed E-state index contributed by atoms with van der Waals surface area (Å²) in [6, 6.07) is 8.79. The molecule has 0 saturated carbocycles. The summed E-state index contributed by atoms with van der Waals surface area (Å²) in [5.41, 5.74) is -1.22. The van der Waals surface area contributed by atoms with Crippen molar-refractivity contribution in [1.82, 2.24) is 14.9 Å². The predicted molar refractivity (Wildman–Crippen MR) is 92.8 cm³/mol. The number of nitro benzene ring substituents is 1. The number of nitrogen functional groups attached to an aromatic ring is 1. The molecule has 0 radical (unpaired) electrons. The van der Waals surface area contributed by atoms with Crippen molar-refractivity contribution < 1.29 is 18.1 Å². The molecule has 27 heavy (non-hydrogen) atoms. The minimum Gasteiger partial charge on any atom is -0.335 e. The van der Waals surface area contributed by atoms with E-state index in [1.807, 2.05) is 0 Å². The molecule has 7 nitrogen and oxygen atoms in total. The third kappa shape index (κ3) is 3.98. The molecule has 0 aliphatic carbocycles. The normalized spacial score (nSPS) is 11.6. The van der Waals surface area contributed by atoms with Crippen LogP contribution in [0, 0.1) is 10.1 Å². The molecule has 0 fully saturated rings. The number of rotatable bonds is 4. The molecule has 1 aromatic heterocycles. The van der Waals surface area contributed by atoms with Gasteiger partial charge in [-0.25, -0.2) is 4.68 Å². The van der Waals surface area contributed by atoms with Gasteiger partial charge in [0, 0.05) is 16.7 Å². The third-order valence-corrected chi connectivity index (χ3v) is 4.73. The summed E-state index contributed by atoms with van der Waals surface area (Å²) in [6.07, 6.45) is -4.69. The lowest BCUT2D eigenvalue weighted by molar-refractivity contribution is -0.388. The molecule has 2 N–H and O–H groups in total. The minimum absolute atomic E-state index is 0.0465. The van der Waals surface area contributed by atoms with Crippen molar-refractivity contribution in [2.75, 3.05) is 5.84 Å². The van der Waals surface area contributed by atoms with Gasteiger partial charge in [0.1, 0.15) is 0 Å². The van der Waals surface area contributed by atoms with Gasteiger partial charge in [0.25, 0.3) is 5.69 Å². The number of halogens is 4. The van der Waals surface area contributed by atoms with E-state index in [1.165, 1.54) is 0 Å². The monoisotopic (exact) mass is 415 g/mol. The number of alkyl halides is 3. The van der Waals surface area contributed by atoms with Crippen LogP contribution in [0.2, 0.25) is 5.02 Å². The van der Waals surface area contributed by atoms with E-state index >= 15 is 0 Å². The smallest absolute Gasteiger partial charge is 0.335 e. The van der Waals surface area contributed by atoms with Crippen LogP contribution in [0.1, 0.15) is 5.56 Å². The van der Waals surface area contributed by atoms with Crippen molar-refractivity contribution in [3.05, 3.63) is 63.2 Å². The fourth-order valence-corrected chi connectivity index (χ4v) is 3.13. The SMILES string of the molecule is Nn1c(Sc2ccc(C(F)(F)F)cc2[N+](=O)[O-])nnc1-c1ccc(Cl)cc1. The minimum atomic E-state index is -4.69. The van der Waals surface area contributed by atoms with Crippen molar-refractivity contribution in [2.24, 2.45) is 0 Å². The molecular weight excluding hydrogens is 407 g/mol. The molecule has 3 aromatic rings. The zero-order valence-electron chi connectivity index (χ0n) is 13.1. The molecule has 0 saturated heterocycles. The number of benzene rings is 2. The van der Waals surface area contributed by atoms with Gasteiger partial charge in [0.2, 0.25) is 5.16 Å². The second-order valence-corrected chi connectivity index (χ2v) is 6.67. The molecule has 0 aliphatic heterocycles. The number of hydrogen-bond acceptors (Lipinski definition) is 6. The van der Waals surface area contributed by atoms with Gasteiger partial charge in [-0.2, -0.15) is 13.2 Å². The highest BCUT2D eigenvalue weighted by Crippen LogP contribution is 2.39. The molecule has 0 bridgehead atoms. The van der Waals surface area contributed by atoms with Gasteiger partial charge in [-0.15, -0.1) is 10.2 Å². The lowest BCUT2D eigenvalue weighted by atomic mass is 10.2. The quantitative estimate of drug-likeness (QED) is 0.385. The molecule has 140 valence electrons.